The van der Waals surface area contributed by atoms with Crippen molar-refractivity contribution >= 4 is 33.9 Å². The number of hydrogen-bond acceptors (Lipinski definition) is 6. The summed E-state index contributed by atoms with van der Waals surface area (Å²) in [4.78, 5) is 37.2. The average molecular weight is 402 g/mol. The van der Waals surface area contributed by atoms with Gasteiger partial charge in [0.15, 0.2) is 0 Å². The van der Waals surface area contributed by atoms with Crippen LogP contribution in [0.1, 0.15) is 62.9 Å². The van der Waals surface area contributed by atoms with Gasteiger partial charge in [-0.25, -0.2) is 4.79 Å². The topological polar surface area (TPSA) is 98.5 Å². The number of ether oxygens (including phenoxy) is 1. The number of aryl methyl sites for hydroxylation is 1. The van der Waals surface area contributed by atoms with Crippen molar-refractivity contribution in [1.29, 1.82) is 0 Å². The van der Waals surface area contributed by atoms with Gasteiger partial charge in [-0.2, -0.15) is 0 Å². The summed E-state index contributed by atoms with van der Waals surface area (Å²) in [7, 11) is 0. The first-order valence-electron chi connectivity index (χ1n) is 9.31. The van der Waals surface area contributed by atoms with Gasteiger partial charge in [-0.3, -0.25) is 14.9 Å². The first kappa shape index (κ1) is 20.0. The number of carbonyl (C=O) groups excluding carboxylic acids is 2. The fraction of sp³-hybridized carbons (Fsp3) is 0.400. The van der Waals surface area contributed by atoms with Crippen LogP contribution in [-0.2, 0) is 17.6 Å². The lowest BCUT2D eigenvalue weighted by atomic mass is 10.0. The van der Waals surface area contributed by atoms with Crippen LogP contribution in [0.15, 0.2) is 18.2 Å². The summed E-state index contributed by atoms with van der Waals surface area (Å²) in [5.74, 6) is -0.906. The molecule has 0 saturated heterocycles. The van der Waals surface area contributed by atoms with E-state index in [0.29, 0.717) is 16.1 Å². The van der Waals surface area contributed by atoms with Gasteiger partial charge in [0.25, 0.3) is 11.6 Å². The summed E-state index contributed by atoms with van der Waals surface area (Å²) in [5, 5.41) is 14.4. The molecule has 1 aromatic carbocycles. The summed E-state index contributed by atoms with van der Waals surface area (Å²) in [6, 6.07) is 4.39. The Morgan fingerprint density at radius 2 is 2.00 bits per heavy atom. The number of anilines is 1. The smallest absolute Gasteiger partial charge is 0.341 e. The van der Waals surface area contributed by atoms with Crippen molar-refractivity contribution in [3.63, 3.8) is 0 Å². The second kappa shape index (κ2) is 8.52. The molecule has 2 aromatic rings. The van der Waals surface area contributed by atoms with E-state index in [2.05, 4.69) is 5.32 Å². The number of nitro benzene ring substituents is 1. The molecule has 1 N–H and O–H groups in total. The minimum absolute atomic E-state index is 0.111. The number of nitro groups is 1. The van der Waals surface area contributed by atoms with Crippen LogP contribution >= 0.6 is 11.3 Å². The van der Waals surface area contributed by atoms with Crippen molar-refractivity contribution < 1.29 is 19.2 Å². The third kappa shape index (κ3) is 3.91. The SMILES string of the molecule is CCOC(=O)c1c(NC(=O)c2cccc([N+](=O)[O-])c2C)sc2c1CCCCC2. The van der Waals surface area contributed by atoms with Gasteiger partial charge in [0.05, 0.1) is 17.1 Å². The third-order valence-corrected chi connectivity index (χ3v) is 6.08. The Kier molecular flexibility index (Phi) is 6.08. The molecular formula is C20H22N2O5S. The van der Waals surface area contributed by atoms with Crippen molar-refractivity contribution in [1.82, 2.24) is 0 Å². The number of hydrogen-bond donors (Lipinski definition) is 1. The molecule has 1 heterocycles. The normalized spacial score (nSPS) is 13.4. The number of amides is 1. The molecule has 1 aliphatic rings. The lowest BCUT2D eigenvalue weighted by Crippen LogP contribution is -2.16. The van der Waals surface area contributed by atoms with E-state index in [1.807, 2.05) is 0 Å². The monoisotopic (exact) mass is 402 g/mol. The molecule has 0 bridgehead atoms. The molecule has 0 aliphatic heterocycles. The predicted octanol–water partition coefficient (Wildman–Crippen LogP) is 4.66. The van der Waals surface area contributed by atoms with Crippen molar-refractivity contribution in [3.05, 3.63) is 55.4 Å². The largest absolute Gasteiger partial charge is 0.462 e. The number of fused-ring (bicyclic) bond motifs is 1. The molecule has 0 fully saturated rings. The highest BCUT2D eigenvalue weighted by molar-refractivity contribution is 7.17. The van der Waals surface area contributed by atoms with Crippen LogP contribution in [0, 0.1) is 17.0 Å². The number of carbonyl (C=O) groups is 2. The minimum atomic E-state index is -0.510. The molecule has 8 heteroatoms. The fourth-order valence-corrected chi connectivity index (χ4v) is 4.76. The molecule has 0 saturated carbocycles. The van der Waals surface area contributed by atoms with Crippen LogP contribution in [0.4, 0.5) is 10.7 Å². The van der Waals surface area contributed by atoms with Crippen molar-refractivity contribution in [3.8, 4) is 0 Å². The van der Waals surface area contributed by atoms with E-state index in [-0.39, 0.29) is 17.9 Å². The number of rotatable bonds is 5. The standard InChI is InChI=1S/C20H22N2O5S/c1-3-27-20(24)17-14-8-5-4-6-11-16(14)28-19(17)21-18(23)13-9-7-10-15(12(13)2)22(25)26/h7,9-10H,3-6,8,11H2,1-2H3,(H,21,23). The lowest BCUT2D eigenvalue weighted by Gasteiger charge is -2.10. The molecule has 148 valence electrons. The van der Waals surface area contributed by atoms with Gasteiger partial charge in [0.2, 0.25) is 0 Å². The van der Waals surface area contributed by atoms with E-state index >= 15 is 0 Å². The molecule has 28 heavy (non-hydrogen) atoms. The van der Waals surface area contributed by atoms with Gasteiger partial charge >= 0.3 is 5.97 Å². The van der Waals surface area contributed by atoms with Crippen LogP contribution in [0.2, 0.25) is 0 Å². The van der Waals surface area contributed by atoms with E-state index in [1.165, 1.54) is 23.5 Å². The zero-order valence-electron chi connectivity index (χ0n) is 15.9. The van der Waals surface area contributed by atoms with Crippen molar-refractivity contribution in [2.75, 3.05) is 11.9 Å². The summed E-state index contributed by atoms with van der Waals surface area (Å²) in [6.07, 6.45) is 4.81. The molecule has 0 spiro atoms. The highest BCUT2D eigenvalue weighted by Crippen LogP contribution is 2.38. The Morgan fingerprint density at radius 3 is 2.71 bits per heavy atom. The maximum Gasteiger partial charge on any atom is 0.341 e. The van der Waals surface area contributed by atoms with Crippen molar-refractivity contribution in [2.45, 2.75) is 46.0 Å². The maximum absolute atomic E-state index is 12.8. The number of nitrogens with one attached hydrogen (secondary N) is 1. The highest BCUT2D eigenvalue weighted by Gasteiger charge is 2.27. The van der Waals surface area contributed by atoms with E-state index < -0.39 is 16.8 Å². The summed E-state index contributed by atoms with van der Waals surface area (Å²) in [6.45, 7) is 3.54. The second-order valence-electron chi connectivity index (χ2n) is 6.65. The maximum atomic E-state index is 12.8. The molecule has 3 rings (SSSR count). The highest BCUT2D eigenvalue weighted by atomic mass is 32.1. The van der Waals surface area contributed by atoms with E-state index in [0.717, 1.165) is 42.5 Å². The molecule has 1 aliphatic carbocycles. The summed E-state index contributed by atoms with van der Waals surface area (Å²) in [5.41, 5.74) is 1.79. The molecule has 1 amide bonds. The summed E-state index contributed by atoms with van der Waals surface area (Å²) >= 11 is 1.40. The van der Waals surface area contributed by atoms with E-state index in [4.69, 9.17) is 4.74 Å². The minimum Gasteiger partial charge on any atom is -0.462 e. The molecule has 7 nitrogen and oxygen atoms in total. The zero-order valence-corrected chi connectivity index (χ0v) is 16.7. The van der Waals surface area contributed by atoms with Gasteiger partial charge in [-0.05, 0) is 51.2 Å². The van der Waals surface area contributed by atoms with Gasteiger partial charge in [0, 0.05) is 22.1 Å². The number of benzene rings is 1. The van der Waals surface area contributed by atoms with E-state index in [9.17, 15) is 19.7 Å². The molecular weight excluding hydrogens is 380 g/mol. The average Bonchev–Trinajstić information content (AvgIpc) is 2.82. The molecule has 0 atom stereocenters. The Hall–Kier alpha value is -2.74. The first-order chi connectivity index (χ1) is 13.4. The first-order valence-corrected chi connectivity index (χ1v) is 10.1. The van der Waals surface area contributed by atoms with Crippen molar-refractivity contribution in [2.24, 2.45) is 0 Å². The Bertz CT molecular complexity index is 935. The fourth-order valence-electron chi connectivity index (χ4n) is 3.49. The van der Waals surface area contributed by atoms with Crippen LogP contribution in [-0.4, -0.2) is 23.4 Å². The van der Waals surface area contributed by atoms with Gasteiger partial charge in [0.1, 0.15) is 5.00 Å². The van der Waals surface area contributed by atoms with E-state index in [1.54, 1.807) is 19.9 Å². The zero-order chi connectivity index (χ0) is 20.3. The lowest BCUT2D eigenvalue weighted by molar-refractivity contribution is -0.385. The predicted molar refractivity (Wildman–Crippen MR) is 107 cm³/mol. The van der Waals surface area contributed by atoms with Crippen LogP contribution in [0.3, 0.4) is 0 Å². The van der Waals surface area contributed by atoms with Crippen LogP contribution < -0.4 is 5.32 Å². The Labute approximate surface area is 166 Å². The van der Waals surface area contributed by atoms with Crippen LogP contribution in [0.5, 0.6) is 0 Å². The molecule has 0 radical (unpaired) electrons. The summed E-state index contributed by atoms with van der Waals surface area (Å²) < 4.78 is 5.22. The number of thiophene rings is 1. The third-order valence-electron chi connectivity index (χ3n) is 4.87. The van der Waals surface area contributed by atoms with Crippen LogP contribution in [0.25, 0.3) is 0 Å². The van der Waals surface area contributed by atoms with Gasteiger partial charge in [-0.15, -0.1) is 11.3 Å². The molecule has 1 aromatic heterocycles. The van der Waals surface area contributed by atoms with Gasteiger partial charge < -0.3 is 10.1 Å². The number of nitrogens with zero attached hydrogens (tertiary/aromatic N) is 1. The Morgan fingerprint density at radius 1 is 1.25 bits per heavy atom. The Balaban J connectivity index is 1.98. The molecule has 0 unspecified atom stereocenters. The quantitative estimate of drug-likeness (QED) is 0.339. The second-order valence-corrected chi connectivity index (χ2v) is 7.76. The van der Waals surface area contributed by atoms with Gasteiger partial charge in [-0.1, -0.05) is 12.5 Å². The number of esters is 1.